The number of nitrogens with one attached hydrogen (secondary N) is 2. The molecule has 0 aliphatic rings. The van der Waals surface area contributed by atoms with Gasteiger partial charge in [0.25, 0.3) is 0 Å². The largest absolute Gasteiger partial charge is 0.497 e. The van der Waals surface area contributed by atoms with E-state index in [-0.39, 0.29) is 5.78 Å². The predicted molar refractivity (Wildman–Crippen MR) is 100.0 cm³/mol. The van der Waals surface area contributed by atoms with Gasteiger partial charge in [-0.3, -0.25) is 4.79 Å². The average molecular weight is 338 g/mol. The Hall–Kier alpha value is -2.95. The second-order valence-corrected chi connectivity index (χ2v) is 5.97. The molecule has 0 radical (unpaired) electrons. The van der Waals surface area contributed by atoms with Gasteiger partial charge in [0.15, 0.2) is 5.78 Å². The van der Waals surface area contributed by atoms with Crippen LogP contribution in [0.25, 0.3) is 10.9 Å². The number of aromatic nitrogens is 1. The fourth-order valence-corrected chi connectivity index (χ4v) is 3.03. The first kappa shape index (κ1) is 16.9. The molecule has 0 aliphatic carbocycles. The molecule has 1 atom stereocenters. The van der Waals surface area contributed by atoms with Crippen LogP contribution in [-0.4, -0.2) is 31.0 Å². The number of carbonyl (C=O) groups excluding carboxylic acids is 1. The number of hydrogen-bond acceptors (Lipinski definition) is 4. The van der Waals surface area contributed by atoms with Gasteiger partial charge in [0.2, 0.25) is 0 Å². The van der Waals surface area contributed by atoms with Gasteiger partial charge in [0, 0.05) is 28.2 Å². The number of aryl methyl sites for hydroxylation is 1. The van der Waals surface area contributed by atoms with Gasteiger partial charge in [-0.1, -0.05) is 18.2 Å². The molecule has 5 nitrogen and oxygen atoms in total. The Morgan fingerprint density at radius 1 is 1.12 bits per heavy atom. The van der Waals surface area contributed by atoms with E-state index in [0.29, 0.717) is 11.5 Å². The maximum atomic E-state index is 13.0. The molecule has 2 aromatic carbocycles. The molecular formula is C20H22N2O3. The van der Waals surface area contributed by atoms with E-state index in [9.17, 15) is 4.79 Å². The molecule has 0 bridgehead atoms. The minimum absolute atomic E-state index is 0.0350. The summed E-state index contributed by atoms with van der Waals surface area (Å²) < 4.78 is 10.6. The summed E-state index contributed by atoms with van der Waals surface area (Å²) in [6.07, 6.45) is 0. The molecule has 130 valence electrons. The van der Waals surface area contributed by atoms with Crippen LogP contribution >= 0.6 is 0 Å². The second kappa shape index (κ2) is 6.89. The van der Waals surface area contributed by atoms with Crippen molar-refractivity contribution in [3.05, 3.63) is 53.7 Å². The number of hydrogen-bond donors (Lipinski definition) is 2. The van der Waals surface area contributed by atoms with Crippen molar-refractivity contribution in [1.29, 1.82) is 0 Å². The van der Waals surface area contributed by atoms with E-state index in [1.165, 1.54) is 0 Å². The Morgan fingerprint density at radius 2 is 1.88 bits per heavy atom. The zero-order valence-corrected chi connectivity index (χ0v) is 14.8. The molecular weight excluding hydrogens is 316 g/mol. The van der Waals surface area contributed by atoms with E-state index in [2.05, 4.69) is 10.3 Å². The van der Waals surface area contributed by atoms with Crippen molar-refractivity contribution < 1.29 is 14.3 Å². The van der Waals surface area contributed by atoms with Crippen LogP contribution in [-0.2, 0) is 0 Å². The van der Waals surface area contributed by atoms with E-state index >= 15 is 0 Å². The van der Waals surface area contributed by atoms with Crippen molar-refractivity contribution >= 4 is 22.4 Å². The third-order valence-electron chi connectivity index (χ3n) is 4.31. The van der Waals surface area contributed by atoms with Gasteiger partial charge in [-0.25, -0.2) is 0 Å². The third kappa shape index (κ3) is 3.18. The van der Waals surface area contributed by atoms with Crippen molar-refractivity contribution in [3.63, 3.8) is 0 Å². The lowest BCUT2D eigenvalue weighted by Crippen LogP contribution is -2.26. The summed E-state index contributed by atoms with van der Waals surface area (Å²) in [6.45, 7) is 3.78. The molecule has 25 heavy (non-hydrogen) atoms. The molecule has 2 N–H and O–H groups in total. The van der Waals surface area contributed by atoms with E-state index in [1.54, 1.807) is 20.3 Å². The van der Waals surface area contributed by atoms with E-state index in [4.69, 9.17) is 9.47 Å². The number of aromatic amines is 1. The lowest BCUT2D eigenvalue weighted by molar-refractivity contribution is 0.0976. The van der Waals surface area contributed by atoms with E-state index < -0.39 is 6.04 Å². The highest BCUT2D eigenvalue weighted by Gasteiger charge is 2.22. The summed E-state index contributed by atoms with van der Waals surface area (Å²) in [6, 6.07) is 12.9. The molecule has 3 aromatic rings. The van der Waals surface area contributed by atoms with E-state index in [1.807, 2.05) is 50.2 Å². The van der Waals surface area contributed by atoms with Gasteiger partial charge in [-0.15, -0.1) is 0 Å². The molecule has 1 heterocycles. The van der Waals surface area contributed by atoms with Crippen LogP contribution in [0, 0.1) is 6.92 Å². The topological polar surface area (TPSA) is 63.3 Å². The van der Waals surface area contributed by atoms with Crippen molar-refractivity contribution in [2.45, 2.75) is 19.9 Å². The standard InChI is InChI=1S/C20H22N2O3/c1-12-19(15-7-5-6-8-16(15)21-12)20(23)13(2)22-17-10-9-14(24-3)11-18(17)25-4/h5-11,13,21-22H,1-4H3. The van der Waals surface area contributed by atoms with Gasteiger partial charge in [-0.05, 0) is 32.0 Å². The molecule has 0 aliphatic heterocycles. The molecule has 1 aromatic heterocycles. The van der Waals surface area contributed by atoms with Crippen molar-refractivity contribution in [2.24, 2.45) is 0 Å². The maximum Gasteiger partial charge on any atom is 0.187 e. The van der Waals surface area contributed by atoms with Gasteiger partial charge in [-0.2, -0.15) is 0 Å². The summed E-state index contributed by atoms with van der Waals surface area (Å²) in [5.74, 6) is 1.37. The van der Waals surface area contributed by atoms with Crippen molar-refractivity contribution in [1.82, 2.24) is 4.98 Å². The minimum atomic E-state index is -0.403. The highest BCUT2D eigenvalue weighted by Crippen LogP contribution is 2.30. The zero-order chi connectivity index (χ0) is 18.0. The van der Waals surface area contributed by atoms with Crippen molar-refractivity contribution in [2.75, 3.05) is 19.5 Å². The Kier molecular flexibility index (Phi) is 4.65. The molecule has 3 rings (SSSR count). The Bertz CT molecular complexity index is 914. The van der Waals surface area contributed by atoms with Gasteiger partial charge in [0.05, 0.1) is 25.9 Å². The highest BCUT2D eigenvalue weighted by molar-refractivity contribution is 6.12. The van der Waals surface area contributed by atoms with Crippen LogP contribution in [0.15, 0.2) is 42.5 Å². The number of fused-ring (bicyclic) bond motifs is 1. The quantitative estimate of drug-likeness (QED) is 0.662. The minimum Gasteiger partial charge on any atom is -0.497 e. The van der Waals surface area contributed by atoms with Gasteiger partial charge < -0.3 is 19.8 Å². The lowest BCUT2D eigenvalue weighted by Gasteiger charge is -2.17. The molecule has 0 saturated heterocycles. The first-order valence-electron chi connectivity index (χ1n) is 8.15. The number of ketones is 1. The molecule has 0 saturated carbocycles. The monoisotopic (exact) mass is 338 g/mol. The van der Waals surface area contributed by atoms with Crippen LogP contribution in [0.5, 0.6) is 11.5 Å². The Balaban J connectivity index is 1.89. The smallest absolute Gasteiger partial charge is 0.187 e. The summed E-state index contributed by atoms with van der Waals surface area (Å²) in [7, 11) is 3.20. The van der Waals surface area contributed by atoms with Gasteiger partial charge in [0.1, 0.15) is 11.5 Å². The number of benzene rings is 2. The number of methoxy groups -OCH3 is 2. The number of H-pyrrole nitrogens is 1. The molecule has 0 spiro atoms. The molecule has 1 unspecified atom stereocenters. The van der Waals surface area contributed by atoms with Crippen LogP contribution in [0.1, 0.15) is 23.0 Å². The first-order valence-corrected chi connectivity index (χ1v) is 8.15. The summed E-state index contributed by atoms with van der Waals surface area (Å²) >= 11 is 0. The number of Topliss-reactive ketones (excluding diaryl/α,β-unsaturated/α-hetero) is 1. The second-order valence-electron chi connectivity index (χ2n) is 5.97. The zero-order valence-electron chi connectivity index (χ0n) is 14.8. The first-order chi connectivity index (χ1) is 12.0. The van der Waals surface area contributed by atoms with Crippen LogP contribution in [0.2, 0.25) is 0 Å². The third-order valence-corrected chi connectivity index (χ3v) is 4.31. The van der Waals surface area contributed by atoms with Crippen LogP contribution < -0.4 is 14.8 Å². The summed E-state index contributed by atoms with van der Waals surface area (Å²) in [5.41, 5.74) is 3.32. The number of anilines is 1. The summed E-state index contributed by atoms with van der Waals surface area (Å²) in [4.78, 5) is 16.3. The molecule has 0 fully saturated rings. The normalized spacial score (nSPS) is 12.0. The lowest BCUT2D eigenvalue weighted by atomic mass is 10.0. The number of carbonyl (C=O) groups is 1. The fraction of sp³-hybridized carbons (Fsp3) is 0.250. The summed E-state index contributed by atoms with van der Waals surface area (Å²) in [5, 5.41) is 4.19. The number of para-hydroxylation sites is 1. The number of rotatable bonds is 6. The molecule has 5 heteroatoms. The van der Waals surface area contributed by atoms with Crippen LogP contribution in [0.4, 0.5) is 5.69 Å². The van der Waals surface area contributed by atoms with E-state index in [0.717, 1.165) is 27.8 Å². The van der Waals surface area contributed by atoms with Crippen LogP contribution in [0.3, 0.4) is 0 Å². The molecule has 0 amide bonds. The average Bonchev–Trinajstić information content (AvgIpc) is 2.96. The van der Waals surface area contributed by atoms with Gasteiger partial charge >= 0.3 is 0 Å². The number of ether oxygens (including phenoxy) is 2. The predicted octanol–water partition coefficient (Wildman–Crippen LogP) is 4.18. The fourth-order valence-electron chi connectivity index (χ4n) is 3.03. The highest BCUT2D eigenvalue weighted by atomic mass is 16.5. The Labute approximate surface area is 147 Å². The maximum absolute atomic E-state index is 13.0. The Morgan fingerprint density at radius 3 is 2.60 bits per heavy atom. The SMILES string of the molecule is COc1ccc(NC(C)C(=O)c2c(C)[nH]c3ccccc23)c(OC)c1. The van der Waals surface area contributed by atoms with Crippen molar-refractivity contribution in [3.8, 4) is 11.5 Å².